The lowest BCUT2D eigenvalue weighted by Crippen LogP contribution is -2.30. The van der Waals surface area contributed by atoms with Crippen LogP contribution >= 0.6 is 0 Å². The molecule has 0 saturated carbocycles. The highest BCUT2D eigenvalue weighted by molar-refractivity contribution is 5.47. The molecule has 1 rings (SSSR count). The number of hydrogen-bond acceptors (Lipinski definition) is 3. The molecule has 0 fully saturated rings. The van der Waals surface area contributed by atoms with Crippen LogP contribution in [0.4, 0.5) is 5.69 Å². The number of nitrogens with zero attached hydrogens (tertiary/aromatic N) is 1. The molecular formula is C12H20N2O. The van der Waals surface area contributed by atoms with E-state index in [-0.39, 0.29) is 12.6 Å². The Morgan fingerprint density at radius 2 is 2.20 bits per heavy atom. The average Bonchev–Trinajstić information content (AvgIpc) is 2.25. The van der Waals surface area contributed by atoms with Crippen molar-refractivity contribution in [2.45, 2.75) is 19.4 Å². The maximum atomic E-state index is 8.82. The maximum Gasteiger partial charge on any atom is 0.0583 e. The van der Waals surface area contributed by atoms with Gasteiger partial charge in [0.25, 0.3) is 0 Å². The van der Waals surface area contributed by atoms with Gasteiger partial charge in [-0.05, 0) is 31.0 Å². The highest BCUT2D eigenvalue weighted by Gasteiger charge is 2.04. The van der Waals surface area contributed by atoms with Crippen LogP contribution in [-0.4, -0.2) is 31.3 Å². The summed E-state index contributed by atoms with van der Waals surface area (Å²) in [4.78, 5) is 2.16. The summed E-state index contributed by atoms with van der Waals surface area (Å²) in [5, 5.41) is 8.82. The van der Waals surface area contributed by atoms with E-state index in [1.54, 1.807) is 0 Å². The Balaban J connectivity index is 2.50. The summed E-state index contributed by atoms with van der Waals surface area (Å²) in [7, 11) is 2.04. The Bertz CT molecular complexity index is 301. The zero-order chi connectivity index (χ0) is 11.3. The second kappa shape index (κ2) is 5.73. The summed E-state index contributed by atoms with van der Waals surface area (Å²) >= 11 is 0. The third-order valence-electron chi connectivity index (χ3n) is 2.51. The lowest BCUT2D eigenvalue weighted by Gasteiger charge is -2.21. The standard InChI is InChI=1S/C12H20N2O/c1-10-4-3-5-12(8-10)14(2)7-6-11(13)9-15/h3-5,8,11,15H,6-7,9,13H2,1-2H3. The first-order valence-electron chi connectivity index (χ1n) is 5.27. The number of aryl methyl sites for hydroxylation is 1. The van der Waals surface area contributed by atoms with Crippen LogP contribution in [0.3, 0.4) is 0 Å². The van der Waals surface area contributed by atoms with Gasteiger partial charge in [-0.25, -0.2) is 0 Å². The molecule has 1 atom stereocenters. The molecule has 0 aliphatic carbocycles. The van der Waals surface area contributed by atoms with Crippen LogP contribution in [0.5, 0.6) is 0 Å². The van der Waals surface area contributed by atoms with Crippen molar-refractivity contribution in [3.05, 3.63) is 29.8 Å². The van der Waals surface area contributed by atoms with Gasteiger partial charge >= 0.3 is 0 Å². The Labute approximate surface area is 91.5 Å². The maximum absolute atomic E-state index is 8.82. The van der Waals surface area contributed by atoms with Gasteiger partial charge in [0.05, 0.1) is 6.61 Å². The monoisotopic (exact) mass is 208 g/mol. The molecule has 0 heterocycles. The largest absolute Gasteiger partial charge is 0.395 e. The van der Waals surface area contributed by atoms with E-state index in [2.05, 4.69) is 30.0 Å². The number of aliphatic hydroxyl groups is 1. The average molecular weight is 208 g/mol. The van der Waals surface area contributed by atoms with Gasteiger partial charge in [0.2, 0.25) is 0 Å². The van der Waals surface area contributed by atoms with Crippen molar-refractivity contribution in [1.29, 1.82) is 0 Å². The minimum atomic E-state index is -0.114. The first-order valence-corrected chi connectivity index (χ1v) is 5.27. The Kier molecular flexibility index (Phi) is 4.59. The summed E-state index contributed by atoms with van der Waals surface area (Å²) < 4.78 is 0. The molecule has 0 saturated heterocycles. The number of anilines is 1. The fraction of sp³-hybridized carbons (Fsp3) is 0.500. The molecule has 0 amide bonds. The van der Waals surface area contributed by atoms with Crippen molar-refractivity contribution < 1.29 is 5.11 Å². The van der Waals surface area contributed by atoms with Crippen molar-refractivity contribution in [3.63, 3.8) is 0 Å². The number of hydrogen-bond donors (Lipinski definition) is 2. The smallest absolute Gasteiger partial charge is 0.0583 e. The lowest BCUT2D eigenvalue weighted by molar-refractivity contribution is 0.261. The van der Waals surface area contributed by atoms with Crippen molar-refractivity contribution in [1.82, 2.24) is 0 Å². The third kappa shape index (κ3) is 3.90. The molecule has 0 aromatic heterocycles. The molecule has 3 nitrogen and oxygen atoms in total. The zero-order valence-corrected chi connectivity index (χ0v) is 9.48. The van der Waals surface area contributed by atoms with E-state index in [1.165, 1.54) is 11.3 Å². The van der Waals surface area contributed by atoms with E-state index < -0.39 is 0 Å². The Morgan fingerprint density at radius 3 is 2.80 bits per heavy atom. The number of aliphatic hydroxyl groups excluding tert-OH is 1. The molecule has 1 unspecified atom stereocenters. The quantitative estimate of drug-likeness (QED) is 0.763. The van der Waals surface area contributed by atoms with Gasteiger partial charge in [0.15, 0.2) is 0 Å². The fourth-order valence-electron chi connectivity index (χ4n) is 1.45. The van der Waals surface area contributed by atoms with E-state index >= 15 is 0 Å². The van der Waals surface area contributed by atoms with Crippen LogP contribution in [0.2, 0.25) is 0 Å². The summed E-state index contributed by atoms with van der Waals surface area (Å²) in [6.45, 7) is 3.00. The summed E-state index contributed by atoms with van der Waals surface area (Å²) in [6.07, 6.45) is 0.806. The van der Waals surface area contributed by atoms with Crippen LogP contribution in [0.25, 0.3) is 0 Å². The van der Waals surface area contributed by atoms with Crippen LogP contribution < -0.4 is 10.6 Å². The van der Waals surface area contributed by atoms with Crippen LogP contribution in [0, 0.1) is 6.92 Å². The molecule has 0 radical (unpaired) electrons. The highest BCUT2D eigenvalue weighted by atomic mass is 16.3. The summed E-state index contributed by atoms with van der Waals surface area (Å²) in [5.41, 5.74) is 8.10. The van der Waals surface area contributed by atoms with Gasteiger partial charge < -0.3 is 15.7 Å². The van der Waals surface area contributed by atoms with Crippen molar-refractivity contribution in [3.8, 4) is 0 Å². The van der Waals surface area contributed by atoms with E-state index in [0.717, 1.165) is 13.0 Å². The van der Waals surface area contributed by atoms with E-state index in [1.807, 2.05) is 13.1 Å². The number of nitrogens with two attached hydrogens (primary N) is 1. The topological polar surface area (TPSA) is 49.5 Å². The predicted molar refractivity (Wildman–Crippen MR) is 64.1 cm³/mol. The van der Waals surface area contributed by atoms with Gasteiger partial charge in [-0.2, -0.15) is 0 Å². The zero-order valence-electron chi connectivity index (χ0n) is 9.48. The molecule has 1 aromatic carbocycles. The van der Waals surface area contributed by atoms with Gasteiger partial charge in [-0.15, -0.1) is 0 Å². The van der Waals surface area contributed by atoms with E-state index in [4.69, 9.17) is 10.8 Å². The molecule has 3 N–H and O–H groups in total. The molecule has 15 heavy (non-hydrogen) atoms. The molecule has 0 aliphatic rings. The SMILES string of the molecule is Cc1cccc(N(C)CCC(N)CO)c1. The molecule has 3 heteroatoms. The van der Waals surface area contributed by atoms with Crippen molar-refractivity contribution in [2.75, 3.05) is 25.1 Å². The second-order valence-electron chi connectivity index (χ2n) is 3.99. The Hall–Kier alpha value is -1.06. The summed E-state index contributed by atoms with van der Waals surface area (Å²) in [5.74, 6) is 0. The van der Waals surface area contributed by atoms with Gasteiger partial charge in [0, 0.05) is 25.3 Å². The number of rotatable bonds is 5. The normalized spacial score (nSPS) is 12.5. The van der Waals surface area contributed by atoms with Gasteiger partial charge in [-0.3, -0.25) is 0 Å². The molecule has 0 bridgehead atoms. The van der Waals surface area contributed by atoms with Crippen LogP contribution in [0.1, 0.15) is 12.0 Å². The molecule has 1 aromatic rings. The number of benzene rings is 1. The molecular weight excluding hydrogens is 188 g/mol. The van der Waals surface area contributed by atoms with E-state index in [9.17, 15) is 0 Å². The first kappa shape index (κ1) is 12.0. The Morgan fingerprint density at radius 1 is 1.47 bits per heavy atom. The third-order valence-corrected chi connectivity index (χ3v) is 2.51. The second-order valence-corrected chi connectivity index (χ2v) is 3.99. The first-order chi connectivity index (χ1) is 7.13. The molecule has 0 aliphatic heterocycles. The van der Waals surface area contributed by atoms with Crippen molar-refractivity contribution >= 4 is 5.69 Å². The van der Waals surface area contributed by atoms with E-state index in [0.29, 0.717) is 0 Å². The summed E-state index contributed by atoms with van der Waals surface area (Å²) in [6, 6.07) is 8.24. The predicted octanol–water partition coefficient (Wildman–Crippen LogP) is 1.14. The lowest BCUT2D eigenvalue weighted by atomic mass is 10.2. The highest BCUT2D eigenvalue weighted by Crippen LogP contribution is 2.14. The molecule has 0 spiro atoms. The van der Waals surface area contributed by atoms with Gasteiger partial charge in [-0.1, -0.05) is 12.1 Å². The minimum Gasteiger partial charge on any atom is -0.395 e. The minimum absolute atomic E-state index is 0.0572. The molecule has 84 valence electrons. The van der Waals surface area contributed by atoms with Crippen LogP contribution in [0.15, 0.2) is 24.3 Å². The fourth-order valence-corrected chi connectivity index (χ4v) is 1.45. The van der Waals surface area contributed by atoms with Crippen molar-refractivity contribution in [2.24, 2.45) is 5.73 Å². The van der Waals surface area contributed by atoms with Gasteiger partial charge in [0.1, 0.15) is 0 Å². The van der Waals surface area contributed by atoms with Crippen LogP contribution in [-0.2, 0) is 0 Å².